The third-order valence-electron chi connectivity index (χ3n) is 4.14. The number of hydrogen-bond acceptors (Lipinski definition) is 2. The molecule has 7 heteroatoms. The molecule has 1 aromatic carbocycles. The summed E-state index contributed by atoms with van der Waals surface area (Å²) in [7, 11) is 0. The molecule has 0 bridgehead atoms. The van der Waals surface area contributed by atoms with E-state index in [1.165, 1.54) is 18.2 Å². The summed E-state index contributed by atoms with van der Waals surface area (Å²) in [5.74, 6) is 2.70. The van der Waals surface area contributed by atoms with Crippen LogP contribution in [0.25, 0.3) is 0 Å². The lowest BCUT2D eigenvalue weighted by Crippen LogP contribution is -2.43. The zero-order valence-electron chi connectivity index (χ0n) is 11.3. The first-order valence-electron chi connectivity index (χ1n) is 6.82. The Labute approximate surface area is 129 Å². The van der Waals surface area contributed by atoms with Crippen molar-refractivity contribution in [1.29, 1.82) is 0 Å². The zero-order valence-corrected chi connectivity index (χ0v) is 12.8. The Bertz CT molecular complexity index is 492. The molecule has 0 heterocycles. The first-order chi connectivity index (χ1) is 9.84. The zero-order chi connectivity index (χ0) is 15.6. The van der Waals surface area contributed by atoms with E-state index in [2.05, 4.69) is 21.4 Å². The van der Waals surface area contributed by atoms with Crippen LogP contribution >= 0.6 is 15.9 Å². The number of alkyl halides is 3. The maximum absolute atomic E-state index is 14.0. The van der Waals surface area contributed by atoms with Crippen molar-refractivity contribution in [3.05, 3.63) is 34.1 Å². The van der Waals surface area contributed by atoms with Crippen LogP contribution in [-0.4, -0.2) is 6.18 Å². The number of hydrogen-bond donors (Lipinski definition) is 2. The quantitative estimate of drug-likeness (QED) is 0.469. The first-order valence-corrected chi connectivity index (χ1v) is 7.61. The molecule has 2 nitrogen and oxygen atoms in total. The van der Waals surface area contributed by atoms with E-state index in [0.717, 1.165) is 0 Å². The van der Waals surface area contributed by atoms with Crippen molar-refractivity contribution in [2.45, 2.75) is 37.9 Å². The second-order valence-corrected chi connectivity index (χ2v) is 6.32. The predicted molar refractivity (Wildman–Crippen MR) is 75.7 cm³/mol. The molecule has 21 heavy (non-hydrogen) atoms. The summed E-state index contributed by atoms with van der Waals surface area (Å²) in [4.78, 5) is 0. The predicted octanol–water partition coefficient (Wildman–Crippen LogP) is 4.46. The summed E-state index contributed by atoms with van der Waals surface area (Å²) in [6.07, 6.45) is -2.60. The van der Waals surface area contributed by atoms with Crippen molar-refractivity contribution >= 4 is 15.9 Å². The fourth-order valence-corrected chi connectivity index (χ4v) is 3.54. The van der Waals surface area contributed by atoms with E-state index < -0.39 is 29.9 Å². The van der Waals surface area contributed by atoms with Crippen LogP contribution in [0.2, 0.25) is 0 Å². The summed E-state index contributed by atoms with van der Waals surface area (Å²) in [5.41, 5.74) is 2.57. The van der Waals surface area contributed by atoms with Gasteiger partial charge in [-0.05, 0) is 37.0 Å². The van der Waals surface area contributed by atoms with Crippen LogP contribution in [0.15, 0.2) is 22.7 Å². The highest BCUT2D eigenvalue weighted by atomic mass is 79.9. The number of nitrogens with two attached hydrogens (primary N) is 1. The standard InChI is InChI=1S/C14H17BrF4N2/c15-8-5-6-12(16)10(7-8)13(21-20)9-3-1-2-4-11(9)14(17,18)19/h5-7,9,11,13,21H,1-4,20H2. The van der Waals surface area contributed by atoms with Gasteiger partial charge in [0.1, 0.15) is 5.82 Å². The summed E-state index contributed by atoms with van der Waals surface area (Å²) in [6, 6.07) is 3.38. The minimum Gasteiger partial charge on any atom is -0.271 e. The van der Waals surface area contributed by atoms with Gasteiger partial charge in [-0.3, -0.25) is 11.3 Å². The molecule has 1 saturated carbocycles. The molecule has 118 valence electrons. The minimum absolute atomic E-state index is 0.0714. The highest BCUT2D eigenvalue weighted by molar-refractivity contribution is 9.10. The fourth-order valence-electron chi connectivity index (χ4n) is 3.16. The third kappa shape index (κ3) is 3.76. The van der Waals surface area contributed by atoms with Gasteiger partial charge in [-0.25, -0.2) is 4.39 Å². The smallest absolute Gasteiger partial charge is 0.271 e. The van der Waals surface area contributed by atoms with Crippen molar-refractivity contribution in [3.63, 3.8) is 0 Å². The normalized spacial score (nSPS) is 24.9. The minimum atomic E-state index is -4.29. The molecule has 2 rings (SSSR count). The Morgan fingerprint density at radius 1 is 1.24 bits per heavy atom. The molecule has 3 unspecified atom stereocenters. The van der Waals surface area contributed by atoms with E-state index in [0.29, 0.717) is 23.7 Å². The number of nitrogens with one attached hydrogen (secondary N) is 1. The van der Waals surface area contributed by atoms with Gasteiger partial charge in [0.05, 0.1) is 12.0 Å². The second kappa shape index (κ2) is 6.62. The van der Waals surface area contributed by atoms with Gasteiger partial charge in [-0.2, -0.15) is 13.2 Å². The molecule has 0 aliphatic heterocycles. The topological polar surface area (TPSA) is 38.0 Å². The maximum atomic E-state index is 14.0. The molecular formula is C14H17BrF4N2. The van der Waals surface area contributed by atoms with Crippen LogP contribution < -0.4 is 11.3 Å². The largest absolute Gasteiger partial charge is 0.392 e. The lowest BCUT2D eigenvalue weighted by molar-refractivity contribution is -0.199. The molecule has 3 N–H and O–H groups in total. The van der Waals surface area contributed by atoms with E-state index in [-0.39, 0.29) is 12.0 Å². The van der Waals surface area contributed by atoms with E-state index in [1.807, 2.05) is 0 Å². The van der Waals surface area contributed by atoms with Crippen LogP contribution in [0.5, 0.6) is 0 Å². The highest BCUT2D eigenvalue weighted by Crippen LogP contribution is 2.46. The number of hydrazine groups is 1. The Morgan fingerprint density at radius 3 is 2.52 bits per heavy atom. The monoisotopic (exact) mass is 368 g/mol. The van der Waals surface area contributed by atoms with E-state index >= 15 is 0 Å². The molecule has 0 radical (unpaired) electrons. The van der Waals surface area contributed by atoms with Gasteiger partial charge in [-0.15, -0.1) is 0 Å². The van der Waals surface area contributed by atoms with Gasteiger partial charge in [-0.1, -0.05) is 28.8 Å². The van der Waals surface area contributed by atoms with Crippen molar-refractivity contribution in [2.75, 3.05) is 0 Å². The van der Waals surface area contributed by atoms with Gasteiger partial charge in [0.15, 0.2) is 0 Å². The van der Waals surface area contributed by atoms with Crippen molar-refractivity contribution in [2.24, 2.45) is 17.7 Å². The highest BCUT2D eigenvalue weighted by Gasteiger charge is 2.48. The van der Waals surface area contributed by atoms with Crippen LogP contribution in [-0.2, 0) is 0 Å². The van der Waals surface area contributed by atoms with Gasteiger partial charge in [0.2, 0.25) is 0 Å². The number of benzene rings is 1. The van der Waals surface area contributed by atoms with Crippen molar-refractivity contribution in [1.82, 2.24) is 5.43 Å². The second-order valence-electron chi connectivity index (χ2n) is 5.41. The molecule has 1 aliphatic carbocycles. The van der Waals surface area contributed by atoms with Gasteiger partial charge < -0.3 is 0 Å². The van der Waals surface area contributed by atoms with E-state index in [4.69, 9.17) is 5.84 Å². The Hall–Kier alpha value is -0.660. The summed E-state index contributed by atoms with van der Waals surface area (Å²) in [5, 5.41) is 0. The fraction of sp³-hybridized carbons (Fsp3) is 0.571. The summed E-state index contributed by atoms with van der Waals surface area (Å²) < 4.78 is 54.2. The first kappa shape index (κ1) is 16.7. The van der Waals surface area contributed by atoms with Crippen LogP contribution in [0.3, 0.4) is 0 Å². The molecule has 0 saturated heterocycles. The van der Waals surface area contributed by atoms with Crippen LogP contribution in [0.1, 0.15) is 37.3 Å². The Morgan fingerprint density at radius 2 is 1.90 bits per heavy atom. The summed E-state index contributed by atoms with van der Waals surface area (Å²) in [6.45, 7) is 0. The molecule has 3 atom stereocenters. The maximum Gasteiger partial charge on any atom is 0.392 e. The van der Waals surface area contributed by atoms with E-state index in [9.17, 15) is 17.6 Å². The molecule has 0 amide bonds. The average Bonchev–Trinajstić information content (AvgIpc) is 2.43. The molecule has 0 aromatic heterocycles. The molecule has 1 aliphatic rings. The van der Waals surface area contributed by atoms with E-state index in [1.54, 1.807) is 0 Å². The Balaban J connectivity index is 2.36. The lowest BCUT2D eigenvalue weighted by Gasteiger charge is -2.38. The number of halogens is 5. The molecule has 1 aromatic rings. The lowest BCUT2D eigenvalue weighted by atomic mass is 9.73. The Kier molecular flexibility index (Phi) is 5.27. The molecular weight excluding hydrogens is 352 g/mol. The van der Waals surface area contributed by atoms with Crippen LogP contribution in [0.4, 0.5) is 17.6 Å². The SMILES string of the molecule is NNC(c1cc(Br)ccc1F)C1CCCCC1C(F)(F)F. The van der Waals surface area contributed by atoms with Crippen LogP contribution in [0, 0.1) is 17.7 Å². The van der Waals surface area contributed by atoms with Gasteiger partial charge in [0, 0.05) is 10.0 Å². The molecule has 0 spiro atoms. The molecule has 1 fully saturated rings. The number of rotatable bonds is 3. The van der Waals surface area contributed by atoms with Crippen molar-refractivity contribution in [3.8, 4) is 0 Å². The summed E-state index contributed by atoms with van der Waals surface area (Å²) >= 11 is 3.21. The van der Waals surface area contributed by atoms with Gasteiger partial charge in [0.25, 0.3) is 0 Å². The third-order valence-corrected chi connectivity index (χ3v) is 4.63. The van der Waals surface area contributed by atoms with Gasteiger partial charge >= 0.3 is 6.18 Å². The van der Waals surface area contributed by atoms with Crippen molar-refractivity contribution < 1.29 is 17.6 Å². The average molecular weight is 369 g/mol.